The van der Waals surface area contributed by atoms with Crippen molar-refractivity contribution in [3.63, 3.8) is 0 Å². The second kappa shape index (κ2) is 8.77. The Balaban J connectivity index is 0. The number of halogens is 13. The van der Waals surface area contributed by atoms with Crippen LogP contribution in [0, 0.1) is 0 Å². The van der Waals surface area contributed by atoms with E-state index in [1.807, 2.05) is 0 Å². The average Bonchev–Trinajstić information content (AvgIpc) is 2.35. The van der Waals surface area contributed by atoms with Gasteiger partial charge in [0.25, 0.3) is 0 Å². The zero-order valence-electron chi connectivity index (χ0n) is 12.3. The number of hydrogen-bond acceptors (Lipinski definition) is 3. The van der Waals surface area contributed by atoms with Gasteiger partial charge in [-0.1, -0.05) is 18.7 Å². The molecule has 151 valence electrons. The van der Waals surface area contributed by atoms with Crippen LogP contribution in [0.25, 0.3) is 0 Å². The molecule has 1 nitrogen and oxygen atoms in total. The SMILES string of the molecule is CCSC(=S)OC(F)(F)C(F)(F)C(F)(F)C(F)(F)C(F)(F)C(F)(F)F.[K]. The summed E-state index contributed by atoms with van der Waals surface area (Å²) >= 11 is 3.92. The summed E-state index contributed by atoms with van der Waals surface area (Å²) in [7, 11) is 0. The van der Waals surface area contributed by atoms with Crippen LogP contribution in [0.2, 0.25) is 0 Å². The molecule has 0 aliphatic carbocycles. The van der Waals surface area contributed by atoms with Crippen molar-refractivity contribution in [2.45, 2.75) is 42.9 Å². The van der Waals surface area contributed by atoms with Gasteiger partial charge in [-0.05, 0) is 18.0 Å². The van der Waals surface area contributed by atoms with E-state index in [9.17, 15) is 57.1 Å². The third kappa shape index (κ3) is 4.92. The van der Waals surface area contributed by atoms with E-state index in [4.69, 9.17) is 0 Å². The summed E-state index contributed by atoms with van der Waals surface area (Å²) in [5.74, 6) is -31.3. The fourth-order valence-corrected chi connectivity index (χ4v) is 1.93. The van der Waals surface area contributed by atoms with Gasteiger partial charge in [-0.2, -0.15) is 57.1 Å². The van der Waals surface area contributed by atoms with Crippen LogP contribution in [-0.4, -0.2) is 97.5 Å². The second-order valence-electron chi connectivity index (χ2n) is 4.10. The molecule has 0 amide bonds. The first kappa shape index (κ1) is 29.2. The summed E-state index contributed by atoms with van der Waals surface area (Å²) in [5, 5.41) is 0. The Hall–Kier alpha value is 0.966. The number of ether oxygens (including phenoxy) is 1. The predicted octanol–water partition coefficient (Wildman–Crippen LogP) is 5.36. The molecular formula is C9H5F13KOS2. The van der Waals surface area contributed by atoms with Crippen LogP contribution in [0.3, 0.4) is 0 Å². The van der Waals surface area contributed by atoms with E-state index in [1.54, 1.807) is 0 Å². The van der Waals surface area contributed by atoms with Crippen molar-refractivity contribution in [3.05, 3.63) is 0 Å². The van der Waals surface area contributed by atoms with Crippen LogP contribution in [-0.2, 0) is 4.74 Å². The second-order valence-corrected chi connectivity index (χ2v) is 5.96. The van der Waals surface area contributed by atoms with E-state index in [0.29, 0.717) is 0 Å². The van der Waals surface area contributed by atoms with Crippen molar-refractivity contribution in [2.24, 2.45) is 0 Å². The minimum atomic E-state index is -7.95. The third-order valence-corrected chi connectivity index (χ3v) is 3.42. The maximum absolute atomic E-state index is 13.1. The number of thiocarbonyl (C=S) groups is 1. The first-order valence-electron chi connectivity index (χ1n) is 5.52. The topological polar surface area (TPSA) is 9.23 Å². The molecule has 0 rings (SSSR count). The molecule has 0 aliphatic rings. The average molecular weight is 479 g/mol. The van der Waals surface area contributed by atoms with E-state index in [2.05, 4.69) is 17.0 Å². The molecule has 26 heavy (non-hydrogen) atoms. The molecule has 0 saturated carbocycles. The van der Waals surface area contributed by atoms with Crippen molar-refractivity contribution in [1.82, 2.24) is 0 Å². The van der Waals surface area contributed by atoms with Gasteiger partial charge in [0.2, 0.25) is 4.38 Å². The Morgan fingerprint density at radius 3 is 1.38 bits per heavy atom. The zero-order valence-corrected chi connectivity index (χ0v) is 17.1. The summed E-state index contributed by atoms with van der Waals surface area (Å²) in [4.78, 5) is 0. The largest absolute Gasteiger partial charge is 0.472 e. The summed E-state index contributed by atoms with van der Waals surface area (Å²) in [6.45, 7) is 1.18. The third-order valence-electron chi connectivity index (χ3n) is 2.38. The summed E-state index contributed by atoms with van der Waals surface area (Å²) < 4.78 is 166. The van der Waals surface area contributed by atoms with Gasteiger partial charge in [0, 0.05) is 51.4 Å². The minimum Gasteiger partial charge on any atom is -0.411 e. The number of thioether (sulfide) groups is 1. The Morgan fingerprint density at radius 1 is 0.731 bits per heavy atom. The van der Waals surface area contributed by atoms with Gasteiger partial charge >= 0.3 is 36.0 Å². The molecule has 0 aromatic carbocycles. The van der Waals surface area contributed by atoms with Gasteiger partial charge in [0.05, 0.1) is 0 Å². The molecule has 0 fully saturated rings. The standard InChI is InChI=1S/C9H5F13OS2.K/c1-2-25-3(24)23-9(21,22)7(16,17)5(12,13)4(10,11)6(14,15)8(18,19)20;/h2H2,1H3;. The van der Waals surface area contributed by atoms with Gasteiger partial charge in [-0.15, -0.1) is 0 Å². The number of rotatable bonds is 6. The van der Waals surface area contributed by atoms with Crippen molar-refractivity contribution >= 4 is 79.7 Å². The smallest absolute Gasteiger partial charge is 0.411 e. The predicted molar refractivity (Wildman–Crippen MR) is 68.4 cm³/mol. The van der Waals surface area contributed by atoms with Crippen molar-refractivity contribution in [3.8, 4) is 0 Å². The van der Waals surface area contributed by atoms with Gasteiger partial charge in [0.1, 0.15) is 0 Å². The van der Waals surface area contributed by atoms with E-state index in [-0.39, 0.29) is 68.9 Å². The van der Waals surface area contributed by atoms with Gasteiger partial charge in [-0.3, -0.25) is 0 Å². The van der Waals surface area contributed by atoms with Crippen molar-refractivity contribution < 1.29 is 61.8 Å². The molecular weight excluding hydrogens is 474 g/mol. The fourth-order valence-electron chi connectivity index (χ4n) is 1.07. The molecule has 1 radical (unpaired) electrons. The van der Waals surface area contributed by atoms with Gasteiger partial charge in [0.15, 0.2) is 0 Å². The maximum Gasteiger partial charge on any atom is 0.472 e. The Labute approximate surface area is 188 Å². The van der Waals surface area contributed by atoms with E-state index in [0.717, 1.165) is 0 Å². The van der Waals surface area contributed by atoms with Crippen LogP contribution in [0.1, 0.15) is 6.92 Å². The van der Waals surface area contributed by atoms with Gasteiger partial charge < -0.3 is 4.74 Å². The molecule has 0 spiro atoms. The van der Waals surface area contributed by atoms with E-state index in [1.165, 1.54) is 6.92 Å². The molecule has 0 N–H and O–H groups in total. The van der Waals surface area contributed by atoms with Crippen LogP contribution >= 0.6 is 24.0 Å². The normalized spacial score (nSPS) is 14.7. The molecule has 0 aromatic heterocycles. The summed E-state index contributed by atoms with van der Waals surface area (Å²) in [6.07, 6.45) is -14.1. The van der Waals surface area contributed by atoms with Gasteiger partial charge in [-0.25, -0.2) is 0 Å². The maximum atomic E-state index is 13.1. The van der Waals surface area contributed by atoms with Crippen LogP contribution in [0.4, 0.5) is 57.1 Å². The molecule has 0 aromatic rings. The monoisotopic (exact) mass is 479 g/mol. The van der Waals surface area contributed by atoms with Crippen LogP contribution in [0.15, 0.2) is 0 Å². The quantitative estimate of drug-likeness (QED) is 0.289. The molecule has 0 atom stereocenters. The van der Waals surface area contributed by atoms with E-state index >= 15 is 0 Å². The van der Waals surface area contributed by atoms with E-state index < -0.39 is 40.4 Å². The Bertz CT molecular complexity index is 504. The molecule has 0 heterocycles. The zero-order chi connectivity index (χ0) is 20.7. The first-order valence-corrected chi connectivity index (χ1v) is 6.91. The molecule has 0 bridgehead atoms. The molecule has 17 heteroatoms. The Morgan fingerprint density at radius 2 is 1.08 bits per heavy atom. The Kier molecular flexibility index (Phi) is 9.84. The molecule has 0 saturated heterocycles. The van der Waals surface area contributed by atoms with Crippen molar-refractivity contribution in [2.75, 3.05) is 5.75 Å². The minimum absolute atomic E-state index is 0. The number of hydrogen-bond donors (Lipinski definition) is 0. The first-order chi connectivity index (χ1) is 10.7. The number of alkyl halides is 13. The van der Waals surface area contributed by atoms with Crippen LogP contribution in [0.5, 0.6) is 0 Å². The molecule has 0 aliphatic heterocycles. The molecule has 0 unspecified atom stereocenters. The fraction of sp³-hybridized carbons (Fsp3) is 0.889. The summed E-state index contributed by atoms with van der Waals surface area (Å²) in [6, 6.07) is 0. The van der Waals surface area contributed by atoms with Crippen molar-refractivity contribution in [1.29, 1.82) is 0 Å². The summed E-state index contributed by atoms with van der Waals surface area (Å²) in [5.41, 5.74) is 0. The van der Waals surface area contributed by atoms with Crippen LogP contribution < -0.4 is 0 Å².